The van der Waals surface area contributed by atoms with Crippen LogP contribution in [0.15, 0.2) is 138 Å². The third kappa shape index (κ3) is 4.37. The Bertz CT molecular complexity index is 1700. The van der Waals surface area contributed by atoms with Crippen LogP contribution >= 0.6 is 15.9 Å². The minimum atomic E-state index is -0.531. The van der Waals surface area contributed by atoms with Gasteiger partial charge in [-0.15, -0.1) is 0 Å². The van der Waals surface area contributed by atoms with Gasteiger partial charge in [-0.2, -0.15) is 0 Å². The maximum absolute atomic E-state index is 8.61. The van der Waals surface area contributed by atoms with Crippen LogP contribution in [0, 0.1) is 0 Å². The Morgan fingerprint density at radius 1 is 0.500 bits per heavy atom. The summed E-state index contributed by atoms with van der Waals surface area (Å²) in [4.78, 5) is 1.88. The molecule has 5 aromatic carbocycles. The van der Waals surface area contributed by atoms with Crippen molar-refractivity contribution in [3.8, 4) is 22.3 Å². The van der Waals surface area contributed by atoms with E-state index in [4.69, 9.17) is 13.7 Å². The van der Waals surface area contributed by atoms with Crippen molar-refractivity contribution in [2.24, 2.45) is 0 Å². The average Bonchev–Trinajstić information content (AvgIpc) is 2.99. The zero-order valence-electron chi connectivity index (χ0n) is 26.8. The SMILES string of the molecule is [2H]c1c([2H])c([2H])c(-c2cc(-c3c([2H])c([2H])c([2H])c([2H])c3[2H])cc(N(c3ccccc3)c3ccc(Br)cc3)c2)c([2H])c1[2H]. The lowest BCUT2D eigenvalue weighted by molar-refractivity contribution is 1.28. The lowest BCUT2D eigenvalue weighted by Crippen LogP contribution is -2.10. The lowest BCUT2D eigenvalue weighted by Gasteiger charge is -2.27. The van der Waals surface area contributed by atoms with Crippen LogP contribution in [0.4, 0.5) is 17.1 Å². The first kappa shape index (κ1) is 11.8. The monoisotopic (exact) mass is 485 g/mol. The highest BCUT2D eigenvalue weighted by Crippen LogP contribution is 2.39. The standard InChI is InChI=1S/C30H22BrN/c31-27-16-18-29(19-17-27)32(28-14-8-3-9-15-28)30-21-25(23-10-4-1-5-11-23)20-26(22-30)24-12-6-2-7-13-24/h1-22H/i1D,2D,4D,5D,6D,7D,10D,11D,12D,13D. The van der Waals surface area contributed by atoms with Gasteiger partial charge in [0, 0.05) is 21.5 Å². The third-order valence-corrected chi connectivity index (χ3v) is 5.38. The number of rotatable bonds is 5. The fourth-order valence-corrected chi connectivity index (χ4v) is 3.70. The molecule has 0 aromatic heterocycles. The van der Waals surface area contributed by atoms with Crippen LogP contribution in [0.3, 0.4) is 0 Å². The Labute approximate surface area is 211 Å². The number of halogens is 1. The Morgan fingerprint density at radius 2 is 1.00 bits per heavy atom. The van der Waals surface area contributed by atoms with Gasteiger partial charge in [0.25, 0.3) is 0 Å². The van der Waals surface area contributed by atoms with Crippen LogP contribution in [0.25, 0.3) is 22.3 Å². The Kier molecular flexibility index (Phi) is 3.43. The molecule has 5 rings (SSSR count). The maximum Gasteiger partial charge on any atom is 0.0629 e. The Hall–Kier alpha value is -3.62. The highest BCUT2D eigenvalue weighted by atomic mass is 79.9. The predicted octanol–water partition coefficient (Wildman–Crippen LogP) is 9.25. The van der Waals surface area contributed by atoms with Crippen molar-refractivity contribution >= 4 is 33.0 Å². The molecule has 0 heterocycles. The first-order chi connectivity index (χ1) is 19.9. The van der Waals surface area contributed by atoms with E-state index >= 15 is 0 Å². The summed E-state index contributed by atoms with van der Waals surface area (Å²) >= 11 is 3.46. The molecule has 0 fully saturated rings. The quantitative estimate of drug-likeness (QED) is 0.239. The summed E-state index contributed by atoms with van der Waals surface area (Å²) in [5.41, 5.74) is 2.27. The molecule has 0 unspecified atom stereocenters. The highest BCUT2D eigenvalue weighted by molar-refractivity contribution is 9.10. The molecule has 0 aliphatic rings. The molecule has 0 saturated heterocycles. The van der Waals surface area contributed by atoms with Gasteiger partial charge in [0.15, 0.2) is 0 Å². The molecular formula is C30H22BrN. The second-order valence-electron chi connectivity index (χ2n) is 6.92. The Balaban J connectivity index is 1.91. The van der Waals surface area contributed by atoms with E-state index in [9.17, 15) is 0 Å². The smallest absolute Gasteiger partial charge is 0.0629 e. The van der Waals surface area contributed by atoms with E-state index in [1.807, 2.05) is 59.5 Å². The molecule has 5 aromatic rings. The van der Waals surface area contributed by atoms with Gasteiger partial charge < -0.3 is 4.90 Å². The van der Waals surface area contributed by atoms with Crippen molar-refractivity contribution in [1.82, 2.24) is 0 Å². The fraction of sp³-hybridized carbons (Fsp3) is 0. The molecule has 0 saturated carbocycles. The van der Waals surface area contributed by atoms with E-state index in [0.717, 1.165) is 15.8 Å². The summed E-state index contributed by atoms with van der Waals surface area (Å²) in [6, 6.07) is 16.9. The second-order valence-corrected chi connectivity index (χ2v) is 7.83. The van der Waals surface area contributed by atoms with Crippen LogP contribution in [0.2, 0.25) is 0 Å². The summed E-state index contributed by atoms with van der Waals surface area (Å²) in [5, 5.41) is 0. The Morgan fingerprint density at radius 3 is 1.53 bits per heavy atom. The number of nitrogens with zero attached hydrogens (tertiary/aromatic N) is 1. The molecule has 0 amide bonds. The van der Waals surface area contributed by atoms with E-state index in [0.29, 0.717) is 5.69 Å². The largest absolute Gasteiger partial charge is 0.310 e. The number of hydrogen-bond acceptors (Lipinski definition) is 1. The van der Waals surface area contributed by atoms with E-state index in [2.05, 4.69) is 15.9 Å². The van der Waals surface area contributed by atoms with Crippen LogP contribution in [0.5, 0.6) is 0 Å². The topological polar surface area (TPSA) is 3.24 Å². The van der Waals surface area contributed by atoms with E-state index in [1.54, 1.807) is 12.1 Å². The van der Waals surface area contributed by atoms with Gasteiger partial charge in [-0.05, 0) is 76.9 Å². The molecule has 0 bridgehead atoms. The molecular weight excluding hydrogens is 454 g/mol. The van der Waals surface area contributed by atoms with Crippen molar-refractivity contribution in [2.75, 3.05) is 4.90 Å². The fourth-order valence-electron chi connectivity index (χ4n) is 3.43. The number of anilines is 3. The van der Waals surface area contributed by atoms with Crippen molar-refractivity contribution in [3.05, 3.63) is 138 Å². The highest BCUT2D eigenvalue weighted by Gasteiger charge is 2.15. The summed E-state index contributed by atoms with van der Waals surface area (Å²) in [5.74, 6) is 0. The molecule has 0 N–H and O–H groups in total. The summed E-state index contributed by atoms with van der Waals surface area (Å²) in [7, 11) is 0. The van der Waals surface area contributed by atoms with Gasteiger partial charge in [0.2, 0.25) is 0 Å². The maximum atomic E-state index is 8.61. The molecule has 0 aliphatic heterocycles. The number of hydrogen-bond donors (Lipinski definition) is 0. The average molecular weight is 486 g/mol. The van der Waals surface area contributed by atoms with Crippen molar-refractivity contribution < 1.29 is 13.7 Å². The van der Waals surface area contributed by atoms with Crippen molar-refractivity contribution in [2.45, 2.75) is 0 Å². The third-order valence-electron chi connectivity index (χ3n) is 4.85. The molecule has 154 valence electrons. The van der Waals surface area contributed by atoms with E-state index in [1.165, 1.54) is 6.07 Å². The van der Waals surface area contributed by atoms with Gasteiger partial charge in [-0.25, -0.2) is 0 Å². The molecule has 0 aliphatic carbocycles. The zero-order chi connectivity index (χ0) is 30.5. The minimum absolute atomic E-state index is 0.0692. The lowest BCUT2D eigenvalue weighted by atomic mass is 9.97. The zero-order valence-corrected chi connectivity index (χ0v) is 18.3. The normalized spacial score (nSPS) is 15.0. The molecule has 32 heavy (non-hydrogen) atoms. The molecule has 0 radical (unpaired) electrons. The summed E-state index contributed by atoms with van der Waals surface area (Å²) < 4.78 is 84.3. The molecule has 1 nitrogen and oxygen atoms in total. The minimum Gasteiger partial charge on any atom is -0.310 e. The molecule has 0 atom stereocenters. The molecule has 0 spiro atoms. The summed E-state index contributed by atoms with van der Waals surface area (Å²) in [6.07, 6.45) is 0. The van der Waals surface area contributed by atoms with Gasteiger partial charge in [0.05, 0.1) is 13.7 Å². The van der Waals surface area contributed by atoms with Gasteiger partial charge in [-0.1, -0.05) is 94.6 Å². The van der Waals surface area contributed by atoms with Gasteiger partial charge >= 0.3 is 0 Å². The van der Waals surface area contributed by atoms with E-state index < -0.39 is 60.4 Å². The number of benzene rings is 5. The molecule has 2 heteroatoms. The predicted molar refractivity (Wildman–Crippen MR) is 140 cm³/mol. The van der Waals surface area contributed by atoms with Crippen molar-refractivity contribution in [3.63, 3.8) is 0 Å². The first-order valence-corrected chi connectivity index (χ1v) is 10.6. The van der Waals surface area contributed by atoms with Gasteiger partial charge in [0.1, 0.15) is 0 Å². The number of para-hydroxylation sites is 1. The van der Waals surface area contributed by atoms with Crippen LogP contribution in [0.1, 0.15) is 13.7 Å². The second kappa shape index (κ2) is 9.25. The van der Waals surface area contributed by atoms with E-state index in [-0.39, 0.29) is 22.3 Å². The van der Waals surface area contributed by atoms with Crippen LogP contribution < -0.4 is 4.90 Å². The van der Waals surface area contributed by atoms with Crippen LogP contribution in [-0.2, 0) is 0 Å². The first-order valence-electron chi connectivity index (χ1n) is 14.8. The van der Waals surface area contributed by atoms with Crippen molar-refractivity contribution in [1.29, 1.82) is 0 Å². The van der Waals surface area contributed by atoms with Crippen LogP contribution in [-0.4, -0.2) is 0 Å². The summed E-state index contributed by atoms with van der Waals surface area (Å²) in [6.45, 7) is 0. The van der Waals surface area contributed by atoms with Gasteiger partial charge in [-0.3, -0.25) is 0 Å².